The highest BCUT2D eigenvalue weighted by atomic mass is 16.3. The predicted molar refractivity (Wildman–Crippen MR) is 89.6 cm³/mol. The average Bonchev–Trinajstić information content (AvgIpc) is 2.47. The molecule has 21 heavy (non-hydrogen) atoms. The summed E-state index contributed by atoms with van der Waals surface area (Å²) >= 11 is 0. The molecule has 0 spiro atoms. The number of hydrogen-bond donors (Lipinski definition) is 1. The number of rotatable bonds is 5. The third-order valence-electron chi connectivity index (χ3n) is 4.03. The standard InChI is InChI=1S/C19H25NO/c1-15-10-8-9-13-17(15)20(4)14-19(2,3)18(21)16-11-6-5-7-12-16/h5-13,18,21H,14H2,1-4H3. The van der Waals surface area contributed by atoms with Gasteiger partial charge in [-0.1, -0.05) is 62.4 Å². The van der Waals surface area contributed by atoms with Crippen LogP contribution in [0.5, 0.6) is 0 Å². The molecule has 0 aromatic heterocycles. The summed E-state index contributed by atoms with van der Waals surface area (Å²) in [6, 6.07) is 18.2. The van der Waals surface area contributed by atoms with E-state index in [1.807, 2.05) is 30.3 Å². The van der Waals surface area contributed by atoms with Crippen molar-refractivity contribution in [3.63, 3.8) is 0 Å². The number of para-hydroxylation sites is 1. The van der Waals surface area contributed by atoms with Crippen molar-refractivity contribution in [3.05, 3.63) is 65.7 Å². The first-order chi connectivity index (χ1) is 9.92. The Labute approximate surface area is 128 Å². The highest BCUT2D eigenvalue weighted by molar-refractivity contribution is 5.52. The molecule has 0 aliphatic heterocycles. The molecule has 0 saturated carbocycles. The molecule has 2 heteroatoms. The second-order valence-corrected chi connectivity index (χ2v) is 6.44. The Kier molecular flexibility index (Phi) is 4.69. The van der Waals surface area contributed by atoms with Gasteiger partial charge in [0, 0.05) is 24.7 Å². The zero-order chi connectivity index (χ0) is 15.5. The van der Waals surface area contributed by atoms with Crippen molar-refractivity contribution in [1.82, 2.24) is 0 Å². The quantitative estimate of drug-likeness (QED) is 0.889. The lowest BCUT2D eigenvalue weighted by Gasteiger charge is -2.36. The van der Waals surface area contributed by atoms with Crippen LogP contribution >= 0.6 is 0 Å². The molecule has 2 rings (SSSR count). The second-order valence-electron chi connectivity index (χ2n) is 6.44. The number of nitrogens with zero attached hydrogens (tertiary/aromatic N) is 1. The van der Waals surface area contributed by atoms with E-state index in [1.165, 1.54) is 11.3 Å². The molecule has 2 aromatic carbocycles. The van der Waals surface area contributed by atoms with E-state index in [9.17, 15) is 5.11 Å². The normalized spacial score (nSPS) is 13.0. The number of aliphatic hydroxyl groups is 1. The summed E-state index contributed by atoms with van der Waals surface area (Å²) in [5, 5.41) is 10.7. The van der Waals surface area contributed by atoms with Crippen LogP contribution in [0.4, 0.5) is 5.69 Å². The maximum atomic E-state index is 10.7. The summed E-state index contributed by atoms with van der Waals surface area (Å²) in [5.41, 5.74) is 3.20. The molecule has 2 nitrogen and oxygen atoms in total. The Morgan fingerprint density at radius 2 is 1.57 bits per heavy atom. The van der Waals surface area contributed by atoms with E-state index in [1.54, 1.807) is 0 Å². The molecule has 0 aliphatic carbocycles. The summed E-state index contributed by atoms with van der Waals surface area (Å²) in [6.07, 6.45) is -0.481. The predicted octanol–water partition coefficient (Wildman–Crippen LogP) is 4.19. The number of anilines is 1. The lowest BCUT2D eigenvalue weighted by molar-refractivity contribution is 0.0547. The molecule has 0 fully saturated rings. The summed E-state index contributed by atoms with van der Waals surface area (Å²) < 4.78 is 0. The van der Waals surface area contributed by atoms with Crippen LogP contribution in [0.1, 0.15) is 31.1 Å². The van der Waals surface area contributed by atoms with Crippen molar-refractivity contribution in [2.45, 2.75) is 26.9 Å². The summed E-state index contributed by atoms with van der Waals surface area (Å²) in [4.78, 5) is 2.22. The van der Waals surface area contributed by atoms with E-state index < -0.39 is 6.10 Å². The van der Waals surface area contributed by atoms with Crippen LogP contribution < -0.4 is 4.90 Å². The molecular weight excluding hydrogens is 258 g/mol. The van der Waals surface area contributed by atoms with Gasteiger partial charge in [-0.05, 0) is 24.1 Å². The van der Waals surface area contributed by atoms with Gasteiger partial charge in [-0.2, -0.15) is 0 Å². The van der Waals surface area contributed by atoms with Gasteiger partial charge in [0.2, 0.25) is 0 Å². The third-order valence-corrected chi connectivity index (χ3v) is 4.03. The maximum Gasteiger partial charge on any atom is 0.0857 e. The third kappa shape index (κ3) is 3.64. The zero-order valence-electron chi connectivity index (χ0n) is 13.4. The maximum absolute atomic E-state index is 10.7. The second kappa shape index (κ2) is 6.31. The molecule has 0 radical (unpaired) electrons. The largest absolute Gasteiger partial charge is 0.388 e. The number of hydrogen-bond acceptors (Lipinski definition) is 2. The van der Waals surface area contributed by atoms with Gasteiger partial charge in [-0.3, -0.25) is 0 Å². The molecule has 112 valence electrons. The van der Waals surface area contributed by atoms with Crippen molar-refractivity contribution >= 4 is 5.69 Å². The molecule has 0 bridgehead atoms. The van der Waals surface area contributed by atoms with Gasteiger partial charge in [0.25, 0.3) is 0 Å². The van der Waals surface area contributed by atoms with E-state index in [-0.39, 0.29) is 5.41 Å². The van der Waals surface area contributed by atoms with Crippen molar-refractivity contribution < 1.29 is 5.11 Å². The number of aliphatic hydroxyl groups excluding tert-OH is 1. The van der Waals surface area contributed by atoms with Crippen LogP contribution in [-0.2, 0) is 0 Å². The van der Waals surface area contributed by atoms with Crippen LogP contribution in [0.3, 0.4) is 0 Å². The minimum atomic E-state index is -0.481. The lowest BCUT2D eigenvalue weighted by atomic mass is 9.82. The molecule has 1 unspecified atom stereocenters. The molecule has 0 aliphatic rings. The van der Waals surface area contributed by atoms with Gasteiger partial charge in [0.15, 0.2) is 0 Å². The number of benzene rings is 2. The Hall–Kier alpha value is -1.80. The van der Waals surface area contributed by atoms with Crippen LogP contribution in [0, 0.1) is 12.3 Å². The molecule has 1 atom stereocenters. The van der Waals surface area contributed by atoms with Gasteiger partial charge in [0.1, 0.15) is 0 Å². The molecule has 0 saturated heterocycles. The average molecular weight is 283 g/mol. The molecule has 0 amide bonds. The van der Waals surface area contributed by atoms with Gasteiger partial charge in [-0.25, -0.2) is 0 Å². The Bertz CT molecular complexity index is 577. The molecule has 1 N–H and O–H groups in total. The Balaban J connectivity index is 2.15. The topological polar surface area (TPSA) is 23.5 Å². The van der Waals surface area contributed by atoms with Gasteiger partial charge < -0.3 is 10.0 Å². The van der Waals surface area contributed by atoms with E-state index in [4.69, 9.17) is 0 Å². The van der Waals surface area contributed by atoms with Crippen molar-refractivity contribution in [2.75, 3.05) is 18.5 Å². The number of aryl methyl sites for hydroxylation is 1. The highest BCUT2D eigenvalue weighted by Gasteiger charge is 2.30. The van der Waals surface area contributed by atoms with Crippen molar-refractivity contribution in [1.29, 1.82) is 0 Å². The first kappa shape index (κ1) is 15.6. The van der Waals surface area contributed by atoms with Crippen molar-refractivity contribution in [2.24, 2.45) is 5.41 Å². The fourth-order valence-corrected chi connectivity index (χ4v) is 2.86. The zero-order valence-corrected chi connectivity index (χ0v) is 13.4. The lowest BCUT2D eigenvalue weighted by Crippen LogP contribution is -2.36. The van der Waals surface area contributed by atoms with E-state index in [0.29, 0.717) is 0 Å². The smallest absolute Gasteiger partial charge is 0.0857 e. The SMILES string of the molecule is Cc1ccccc1N(C)CC(C)(C)C(O)c1ccccc1. The van der Waals surface area contributed by atoms with Gasteiger partial charge >= 0.3 is 0 Å². The fraction of sp³-hybridized carbons (Fsp3) is 0.368. The highest BCUT2D eigenvalue weighted by Crippen LogP contribution is 2.35. The van der Waals surface area contributed by atoms with Crippen LogP contribution in [0.15, 0.2) is 54.6 Å². The monoisotopic (exact) mass is 283 g/mol. The van der Waals surface area contributed by atoms with E-state index in [0.717, 1.165) is 12.1 Å². The molecule has 2 aromatic rings. The first-order valence-corrected chi connectivity index (χ1v) is 7.41. The van der Waals surface area contributed by atoms with Crippen LogP contribution in [0.25, 0.3) is 0 Å². The van der Waals surface area contributed by atoms with Crippen molar-refractivity contribution in [3.8, 4) is 0 Å². The molecular formula is C19H25NO. The minimum absolute atomic E-state index is 0.238. The molecule has 0 heterocycles. The van der Waals surface area contributed by atoms with Crippen LogP contribution in [0.2, 0.25) is 0 Å². The summed E-state index contributed by atoms with van der Waals surface area (Å²) in [6.45, 7) is 7.12. The fourth-order valence-electron chi connectivity index (χ4n) is 2.86. The first-order valence-electron chi connectivity index (χ1n) is 7.41. The van der Waals surface area contributed by atoms with Crippen LogP contribution in [-0.4, -0.2) is 18.7 Å². The Morgan fingerprint density at radius 3 is 2.19 bits per heavy atom. The van der Waals surface area contributed by atoms with Gasteiger partial charge in [-0.15, -0.1) is 0 Å². The van der Waals surface area contributed by atoms with E-state index >= 15 is 0 Å². The minimum Gasteiger partial charge on any atom is -0.388 e. The van der Waals surface area contributed by atoms with E-state index in [2.05, 4.69) is 57.0 Å². The summed E-state index contributed by atoms with van der Waals surface area (Å²) in [7, 11) is 2.09. The van der Waals surface area contributed by atoms with Gasteiger partial charge in [0.05, 0.1) is 6.10 Å². The Morgan fingerprint density at radius 1 is 1.00 bits per heavy atom. The summed E-state index contributed by atoms with van der Waals surface area (Å²) in [5.74, 6) is 0.